The lowest BCUT2D eigenvalue weighted by Crippen LogP contribution is -2.40. The Kier molecular flexibility index (Phi) is 4.64. The maximum atomic E-state index is 5.92. The minimum absolute atomic E-state index is 0.0108. The third kappa shape index (κ3) is 3.38. The van der Waals surface area contributed by atoms with Crippen molar-refractivity contribution >= 4 is 11.5 Å². The first-order valence-electron chi connectivity index (χ1n) is 8.00. The molecule has 1 aliphatic rings. The second-order valence-electron chi connectivity index (χ2n) is 5.67. The molecule has 1 atom stereocenters. The second kappa shape index (κ2) is 7.21. The Balaban J connectivity index is 1.49. The van der Waals surface area contributed by atoms with Crippen molar-refractivity contribution < 1.29 is 9.15 Å². The number of hydrogen-bond donors (Lipinski definition) is 0. The summed E-state index contributed by atoms with van der Waals surface area (Å²) in [6.07, 6.45) is 2.82. The molecule has 0 N–H and O–H groups in total. The predicted octanol–water partition coefficient (Wildman–Crippen LogP) is 2.81. The Morgan fingerprint density at radius 1 is 1.17 bits per heavy atom. The fourth-order valence-electron chi connectivity index (χ4n) is 2.82. The summed E-state index contributed by atoms with van der Waals surface area (Å²) in [6, 6.07) is 11.9. The van der Waals surface area contributed by atoms with Crippen LogP contribution < -0.4 is 0 Å². The van der Waals surface area contributed by atoms with E-state index < -0.39 is 0 Å². The van der Waals surface area contributed by atoms with Crippen LogP contribution in [0.1, 0.15) is 16.8 Å². The van der Waals surface area contributed by atoms with Crippen LogP contribution in [-0.4, -0.2) is 45.8 Å². The quantitative estimate of drug-likeness (QED) is 0.710. The Morgan fingerprint density at radius 3 is 2.92 bits per heavy atom. The van der Waals surface area contributed by atoms with Crippen LogP contribution in [-0.2, 0) is 11.2 Å². The van der Waals surface area contributed by atoms with Crippen molar-refractivity contribution in [3.05, 3.63) is 53.4 Å². The van der Waals surface area contributed by atoms with E-state index in [4.69, 9.17) is 9.15 Å². The smallest absolute Gasteiger partial charge is 0.247 e. The van der Waals surface area contributed by atoms with Gasteiger partial charge in [-0.3, -0.25) is 4.90 Å². The first-order chi connectivity index (χ1) is 11.9. The molecule has 4 rings (SSSR count). The van der Waals surface area contributed by atoms with Gasteiger partial charge in [-0.15, -0.1) is 10.2 Å². The van der Waals surface area contributed by atoms with Gasteiger partial charge in [-0.1, -0.05) is 18.2 Å². The zero-order chi connectivity index (χ0) is 16.2. The minimum atomic E-state index is 0.0108. The number of rotatable bonds is 5. The maximum absolute atomic E-state index is 5.92. The molecule has 2 aromatic heterocycles. The van der Waals surface area contributed by atoms with Gasteiger partial charge in [-0.2, -0.15) is 0 Å². The number of nitrogens with zero attached hydrogens (tertiary/aromatic N) is 4. The normalized spacial score (nSPS) is 18.8. The van der Waals surface area contributed by atoms with E-state index in [1.165, 1.54) is 4.88 Å². The van der Waals surface area contributed by atoms with Crippen LogP contribution in [0.4, 0.5) is 0 Å². The first kappa shape index (κ1) is 15.4. The van der Waals surface area contributed by atoms with Crippen LogP contribution in [0.2, 0.25) is 0 Å². The van der Waals surface area contributed by atoms with Gasteiger partial charge in [0.2, 0.25) is 11.8 Å². The van der Waals surface area contributed by atoms with Crippen LogP contribution in [0.5, 0.6) is 0 Å². The maximum Gasteiger partial charge on any atom is 0.247 e. The minimum Gasteiger partial charge on any atom is -0.419 e. The molecule has 7 heteroatoms. The van der Waals surface area contributed by atoms with Gasteiger partial charge in [0.25, 0.3) is 0 Å². The first-order valence-corrected chi connectivity index (χ1v) is 8.77. The zero-order valence-corrected chi connectivity index (χ0v) is 14.0. The zero-order valence-electron chi connectivity index (χ0n) is 13.2. The molecule has 0 aliphatic carbocycles. The Bertz CT molecular complexity index is 760. The standard InChI is InChI=1S/C17H18N4O2S/c1-2-4-13(5-3-1)16-19-20-17(23-16)15-12-22-11-10-21(15)9-7-14-6-8-18-24-14/h1-6,8,15H,7,9-12H2. The van der Waals surface area contributed by atoms with Crippen LogP contribution in [0.3, 0.4) is 0 Å². The average molecular weight is 342 g/mol. The molecule has 1 aliphatic heterocycles. The molecule has 0 saturated carbocycles. The molecule has 24 heavy (non-hydrogen) atoms. The molecular weight excluding hydrogens is 324 g/mol. The molecule has 3 heterocycles. The van der Waals surface area contributed by atoms with Gasteiger partial charge in [-0.05, 0) is 36.2 Å². The largest absolute Gasteiger partial charge is 0.419 e. The molecule has 1 aromatic carbocycles. The molecule has 1 fully saturated rings. The van der Waals surface area contributed by atoms with Crippen LogP contribution >= 0.6 is 11.5 Å². The van der Waals surface area contributed by atoms with Gasteiger partial charge in [0.05, 0.1) is 13.2 Å². The number of hydrogen-bond acceptors (Lipinski definition) is 7. The molecule has 0 amide bonds. The number of benzene rings is 1. The number of ether oxygens (including phenoxy) is 1. The highest BCUT2D eigenvalue weighted by atomic mass is 32.1. The van der Waals surface area contributed by atoms with Gasteiger partial charge in [0.1, 0.15) is 6.04 Å². The van der Waals surface area contributed by atoms with E-state index in [1.807, 2.05) is 36.5 Å². The van der Waals surface area contributed by atoms with Crippen LogP contribution in [0.15, 0.2) is 47.0 Å². The predicted molar refractivity (Wildman–Crippen MR) is 90.7 cm³/mol. The number of morpholine rings is 1. The fourth-order valence-corrected chi connectivity index (χ4v) is 3.39. The van der Waals surface area contributed by atoms with Crippen molar-refractivity contribution in [2.45, 2.75) is 12.5 Å². The molecule has 1 saturated heterocycles. The lowest BCUT2D eigenvalue weighted by atomic mass is 10.2. The Morgan fingerprint density at radius 2 is 2.08 bits per heavy atom. The van der Waals surface area contributed by atoms with Gasteiger partial charge < -0.3 is 9.15 Å². The Hall–Kier alpha value is -2.09. The van der Waals surface area contributed by atoms with E-state index in [2.05, 4.69) is 25.5 Å². The average Bonchev–Trinajstić information content (AvgIpc) is 3.33. The summed E-state index contributed by atoms with van der Waals surface area (Å²) < 4.78 is 15.7. The molecule has 1 unspecified atom stereocenters. The third-order valence-corrected chi connectivity index (χ3v) is 4.92. The molecule has 6 nitrogen and oxygen atoms in total. The second-order valence-corrected chi connectivity index (χ2v) is 6.58. The summed E-state index contributed by atoms with van der Waals surface area (Å²) >= 11 is 1.55. The number of aromatic nitrogens is 3. The lowest BCUT2D eigenvalue weighted by Gasteiger charge is -2.33. The molecule has 3 aromatic rings. The van der Waals surface area contributed by atoms with Crippen LogP contribution in [0.25, 0.3) is 11.5 Å². The van der Waals surface area contributed by atoms with E-state index in [9.17, 15) is 0 Å². The fraction of sp³-hybridized carbons (Fsp3) is 0.353. The van der Waals surface area contributed by atoms with E-state index in [1.54, 1.807) is 11.5 Å². The lowest BCUT2D eigenvalue weighted by molar-refractivity contribution is -0.0172. The van der Waals surface area contributed by atoms with Crippen molar-refractivity contribution in [3.8, 4) is 11.5 Å². The summed E-state index contributed by atoms with van der Waals surface area (Å²) in [7, 11) is 0. The van der Waals surface area contributed by atoms with Gasteiger partial charge in [0, 0.05) is 29.7 Å². The van der Waals surface area contributed by atoms with Crippen molar-refractivity contribution in [2.24, 2.45) is 0 Å². The van der Waals surface area contributed by atoms with E-state index in [0.717, 1.165) is 31.7 Å². The van der Waals surface area contributed by atoms with E-state index in [-0.39, 0.29) is 6.04 Å². The van der Waals surface area contributed by atoms with Crippen LogP contribution in [0, 0.1) is 0 Å². The highest BCUT2D eigenvalue weighted by Crippen LogP contribution is 2.26. The van der Waals surface area contributed by atoms with Gasteiger partial charge in [0.15, 0.2) is 0 Å². The summed E-state index contributed by atoms with van der Waals surface area (Å²) in [6.45, 7) is 3.11. The highest BCUT2D eigenvalue weighted by molar-refractivity contribution is 7.05. The topological polar surface area (TPSA) is 64.3 Å². The summed E-state index contributed by atoms with van der Waals surface area (Å²) in [5, 5.41) is 8.46. The molecule has 0 radical (unpaired) electrons. The van der Waals surface area contributed by atoms with Crippen molar-refractivity contribution in [2.75, 3.05) is 26.3 Å². The Labute approximate surface area is 144 Å². The molecule has 124 valence electrons. The SMILES string of the molecule is c1ccc(-c2nnc(C3COCCN3CCc3ccns3)o2)cc1. The molecular formula is C17H18N4O2S. The van der Waals surface area contributed by atoms with Gasteiger partial charge in [-0.25, -0.2) is 4.37 Å². The van der Waals surface area contributed by atoms with Crippen molar-refractivity contribution in [3.63, 3.8) is 0 Å². The molecule has 0 spiro atoms. The van der Waals surface area contributed by atoms with E-state index in [0.29, 0.717) is 18.4 Å². The highest BCUT2D eigenvalue weighted by Gasteiger charge is 2.29. The van der Waals surface area contributed by atoms with E-state index >= 15 is 0 Å². The van der Waals surface area contributed by atoms with Gasteiger partial charge >= 0.3 is 0 Å². The molecule has 0 bridgehead atoms. The summed E-state index contributed by atoms with van der Waals surface area (Å²) in [4.78, 5) is 3.64. The summed E-state index contributed by atoms with van der Waals surface area (Å²) in [5.74, 6) is 1.18. The third-order valence-electron chi connectivity index (χ3n) is 4.12. The summed E-state index contributed by atoms with van der Waals surface area (Å²) in [5.41, 5.74) is 0.934. The monoisotopic (exact) mass is 342 g/mol. The van der Waals surface area contributed by atoms with Crippen molar-refractivity contribution in [1.82, 2.24) is 19.5 Å². The van der Waals surface area contributed by atoms with Crippen molar-refractivity contribution in [1.29, 1.82) is 0 Å².